The molecule has 2 atom stereocenters. The number of nitrogens with zero attached hydrogens (tertiary/aromatic N) is 2. The minimum atomic E-state index is 0.0770. The predicted molar refractivity (Wildman–Crippen MR) is 112 cm³/mol. The molecule has 3 aliphatic heterocycles. The quantitative estimate of drug-likeness (QED) is 0.784. The molecule has 2 aromatic carbocycles. The number of fused-ring (bicyclic) bond motifs is 4. The van der Waals surface area contributed by atoms with Crippen LogP contribution < -0.4 is 4.74 Å². The van der Waals surface area contributed by atoms with Gasteiger partial charge in [-0.1, -0.05) is 30.3 Å². The van der Waals surface area contributed by atoms with Crippen LogP contribution in [0, 0.1) is 5.92 Å². The number of carbonyl (C=O) groups is 2. The molecule has 0 radical (unpaired) electrons. The number of carbonyl (C=O) groups excluding carboxylic acids is 2. The lowest BCUT2D eigenvalue weighted by atomic mass is 9.94. The molecule has 0 saturated carbocycles. The summed E-state index contributed by atoms with van der Waals surface area (Å²) in [5.74, 6) is 1.45. The van der Waals surface area contributed by atoms with Crippen molar-refractivity contribution in [1.82, 2.24) is 9.80 Å². The fourth-order valence-electron chi connectivity index (χ4n) is 4.54. The Morgan fingerprint density at radius 1 is 1.00 bits per heavy atom. The summed E-state index contributed by atoms with van der Waals surface area (Å²) in [6.45, 7) is 2.14. The van der Waals surface area contributed by atoms with E-state index in [0.717, 1.165) is 42.8 Å². The summed E-state index contributed by atoms with van der Waals surface area (Å²) in [7, 11) is 1.65. The molecule has 3 aliphatic rings. The smallest absolute Gasteiger partial charge is 0.253 e. The van der Waals surface area contributed by atoms with Crippen molar-refractivity contribution < 1.29 is 14.3 Å². The molecule has 0 spiro atoms. The van der Waals surface area contributed by atoms with Crippen LogP contribution in [0.5, 0.6) is 5.75 Å². The molecule has 2 bridgehead atoms. The summed E-state index contributed by atoms with van der Waals surface area (Å²) < 4.78 is 5.27. The van der Waals surface area contributed by atoms with Crippen LogP contribution in [0.15, 0.2) is 54.6 Å². The number of hydrogen-bond donors (Lipinski definition) is 0. The van der Waals surface area contributed by atoms with Crippen molar-refractivity contribution in [3.63, 3.8) is 0 Å². The van der Waals surface area contributed by atoms with E-state index in [1.54, 1.807) is 7.11 Å². The standard InChI is InChI=1S/C24H28N2O3/c1-29-22-9-5-6-18(14-22)11-13-23(27)26-16-19-10-12-21(26)17-25(15-19)24(28)20-7-3-2-4-8-20/h2-9,14,19,21H,10-13,15-17H2,1H3/t19-,21+/m0/s1. The minimum Gasteiger partial charge on any atom is -0.497 e. The first kappa shape index (κ1) is 19.5. The van der Waals surface area contributed by atoms with Crippen LogP contribution in [0.1, 0.15) is 35.2 Å². The van der Waals surface area contributed by atoms with Crippen molar-refractivity contribution in [3.8, 4) is 5.75 Å². The molecule has 3 fully saturated rings. The maximum absolute atomic E-state index is 13.0. The van der Waals surface area contributed by atoms with Gasteiger partial charge in [-0.15, -0.1) is 0 Å². The number of methoxy groups -OCH3 is 1. The largest absolute Gasteiger partial charge is 0.497 e. The monoisotopic (exact) mass is 392 g/mol. The Balaban J connectivity index is 1.40. The van der Waals surface area contributed by atoms with Crippen LogP contribution in [0.25, 0.3) is 0 Å². The first-order chi connectivity index (χ1) is 14.1. The van der Waals surface area contributed by atoms with Gasteiger partial charge in [-0.05, 0) is 55.0 Å². The van der Waals surface area contributed by atoms with E-state index in [0.29, 0.717) is 25.3 Å². The Morgan fingerprint density at radius 3 is 2.62 bits per heavy atom. The van der Waals surface area contributed by atoms with E-state index in [9.17, 15) is 9.59 Å². The fraction of sp³-hybridized carbons (Fsp3) is 0.417. The number of amides is 2. The zero-order valence-corrected chi connectivity index (χ0v) is 16.9. The molecule has 152 valence electrons. The Hall–Kier alpha value is -2.82. The third kappa shape index (κ3) is 4.44. The SMILES string of the molecule is COc1cccc(CCC(=O)N2C[C@H]3CC[C@@H]2CN(C(=O)c2ccccc2)C3)c1. The molecule has 0 aromatic heterocycles. The average molecular weight is 392 g/mol. The molecule has 0 aliphatic carbocycles. The summed E-state index contributed by atoms with van der Waals surface area (Å²) in [5.41, 5.74) is 1.84. The topological polar surface area (TPSA) is 49.9 Å². The average Bonchev–Trinajstić information content (AvgIpc) is 3.10. The number of benzene rings is 2. The highest BCUT2D eigenvalue weighted by Crippen LogP contribution is 2.29. The van der Waals surface area contributed by atoms with Gasteiger partial charge in [0.1, 0.15) is 5.75 Å². The maximum atomic E-state index is 13.0. The molecule has 5 nitrogen and oxygen atoms in total. The molecular weight excluding hydrogens is 364 g/mol. The minimum absolute atomic E-state index is 0.0770. The van der Waals surface area contributed by atoms with Crippen molar-refractivity contribution in [1.29, 1.82) is 0 Å². The lowest BCUT2D eigenvalue weighted by Gasteiger charge is -2.36. The van der Waals surface area contributed by atoms with Crippen molar-refractivity contribution in [2.24, 2.45) is 5.92 Å². The summed E-state index contributed by atoms with van der Waals surface area (Å²) in [6, 6.07) is 17.5. The van der Waals surface area contributed by atoms with Gasteiger partial charge < -0.3 is 14.5 Å². The second-order valence-corrected chi connectivity index (χ2v) is 8.07. The van der Waals surface area contributed by atoms with Crippen molar-refractivity contribution in [2.45, 2.75) is 31.7 Å². The normalized spacial score (nSPS) is 21.0. The van der Waals surface area contributed by atoms with Gasteiger partial charge in [0.2, 0.25) is 5.91 Å². The summed E-state index contributed by atoms with van der Waals surface area (Å²) >= 11 is 0. The van der Waals surface area contributed by atoms with Crippen molar-refractivity contribution in [3.05, 3.63) is 65.7 Å². The highest BCUT2D eigenvalue weighted by molar-refractivity contribution is 5.94. The van der Waals surface area contributed by atoms with Gasteiger partial charge in [-0.2, -0.15) is 0 Å². The summed E-state index contributed by atoms with van der Waals surface area (Å²) in [4.78, 5) is 29.9. The number of hydrogen-bond acceptors (Lipinski definition) is 3. The number of rotatable bonds is 5. The highest BCUT2D eigenvalue weighted by atomic mass is 16.5. The van der Waals surface area contributed by atoms with E-state index in [4.69, 9.17) is 4.74 Å². The summed E-state index contributed by atoms with van der Waals surface area (Å²) in [6.07, 6.45) is 3.26. The molecule has 3 saturated heterocycles. The third-order valence-electron chi connectivity index (χ3n) is 6.10. The van der Waals surface area contributed by atoms with Crippen LogP contribution in [0.2, 0.25) is 0 Å². The number of piperidine rings is 1. The van der Waals surface area contributed by atoms with E-state index in [1.165, 1.54) is 0 Å². The molecular formula is C24H28N2O3. The molecule has 5 rings (SSSR count). The van der Waals surface area contributed by atoms with Crippen LogP contribution in [-0.2, 0) is 11.2 Å². The second kappa shape index (κ2) is 8.68. The van der Waals surface area contributed by atoms with Crippen molar-refractivity contribution in [2.75, 3.05) is 26.7 Å². The Bertz CT molecular complexity index is 867. The first-order valence-corrected chi connectivity index (χ1v) is 10.4. The lowest BCUT2D eigenvalue weighted by Crippen LogP contribution is -2.47. The van der Waals surface area contributed by atoms with E-state index in [2.05, 4.69) is 0 Å². The van der Waals surface area contributed by atoms with Crippen LogP contribution >= 0.6 is 0 Å². The van der Waals surface area contributed by atoms with Gasteiger partial charge in [-0.25, -0.2) is 0 Å². The van der Waals surface area contributed by atoms with E-state index in [1.807, 2.05) is 64.4 Å². The van der Waals surface area contributed by atoms with Crippen LogP contribution in [0.4, 0.5) is 0 Å². The Morgan fingerprint density at radius 2 is 1.83 bits per heavy atom. The molecule has 0 unspecified atom stereocenters. The second-order valence-electron chi connectivity index (χ2n) is 8.07. The number of aryl methyl sites for hydroxylation is 1. The van der Waals surface area contributed by atoms with Gasteiger partial charge in [0.25, 0.3) is 5.91 Å². The van der Waals surface area contributed by atoms with Crippen molar-refractivity contribution >= 4 is 11.8 Å². The zero-order valence-electron chi connectivity index (χ0n) is 16.9. The molecule has 3 heterocycles. The lowest BCUT2D eigenvalue weighted by molar-refractivity contribution is -0.135. The van der Waals surface area contributed by atoms with Gasteiger partial charge in [-0.3, -0.25) is 9.59 Å². The fourth-order valence-corrected chi connectivity index (χ4v) is 4.54. The Kier molecular flexibility index (Phi) is 5.84. The van der Waals surface area contributed by atoms with E-state index in [-0.39, 0.29) is 17.9 Å². The summed E-state index contributed by atoms with van der Waals surface area (Å²) in [5, 5.41) is 0. The molecule has 5 heteroatoms. The Labute approximate surface area is 172 Å². The first-order valence-electron chi connectivity index (χ1n) is 10.4. The zero-order chi connectivity index (χ0) is 20.2. The van der Waals surface area contributed by atoms with E-state index < -0.39 is 0 Å². The van der Waals surface area contributed by atoms with Gasteiger partial charge >= 0.3 is 0 Å². The van der Waals surface area contributed by atoms with Gasteiger partial charge in [0.15, 0.2) is 0 Å². The molecule has 2 aromatic rings. The van der Waals surface area contributed by atoms with Crippen LogP contribution in [0.3, 0.4) is 0 Å². The van der Waals surface area contributed by atoms with Gasteiger partial charge in [0.05, 0.1) is 7.11 Å². The number of ether oxygens (including phenoxy) is 1. The van der Waals surface area contributed by atoms with Crippen LogP contribution in [-0.4, -0.2) is 54.4 Å². The third-order valence-corrected chi connectivity index (χ3v) is 6.10. The molecule has 29 heavy (non-hydrogen) atoms. The molecule has 2 amide bonds. The van der Waals surface area contributed by atoms with Gasteiger partial charge in [0, 0.05) is 37.7 Å². The highest BCUT2D eigenvalue weighted by Gasteiger charge is 2.38. The van der Waals surface area contributed by atoms with E-state index >= 15 is 0 Å². The molecule has 0 N–H and O–H groups in total. The maximum Gasteiger partial charge on any atom is 0.253 e. The predicted octanol–water partition coefficient (Wildman–Crippen LogP) is 3.39.